The Hall–Kier alpha value is -2.41. The molecule has 1 aromatic heterocycles. The molecule has 1 aromatic carbocycles. The number of rotatable bonds is 3. The smallest absolute Gasteiger partial charge is 0.256 e. The average molecular weight is 359 g/mol. The van der Waals surface area contributed by atoms with Gasteiger partial charge in [-0.15, -0.1) is 0 Å². The van der Waals surface area contributed by atoms with Crippen molar-refractivity contribution < 1.29 is 13.2 Å². The minimum Gasteiger partial charge on any atom is -0.306 e. The summed E-state index contributed by atoms with van der Waals surface area (Å²) in [7, 11) is -3.32. The lowest BCUT2D eigenvalue weighted by Crippen LogP contribution is -2.38. The van der Waals surface area contributed by atoms with Crippen molar-refractivity contribution in [1.82, 2.24) is 4.98 Å². The zero-order chi connectivity index (χ0) is 18.0. The van der Waals surface area contributed by atoms with E-state index in [0.717, 1.165) is 17.5 Å². The van der Waals surface area contributed by atoms with E-state index in [1.165, 1.54) is 4.31 Å². The molecule has 1 fully saturated rings. The second-order valence-electron chi connectivity index (χ2n) is 6.22. The van der Waals surface area contributed by atoms with Gasteiger partial charge in [0.2, 0.25) is 10.0 Å². The molecule has 0 spiro atoms. The van der Waals surface area contributed by atoms with Crippen LogP contribution in [0.2, 0.25) is 0 Å². The van der Waals surface area contributed by atoms with Crippen molar-refractivity contribution in [3.8, 4) is 0 Å². The maximum Gasteiger partial charge on any atom is 0.256 e. The standard InChI is InChI=1S/C18H21N3O3S/c1-13-7-8-15(18(22)20-17-14(2)6-5-9-19-17)12-16(13)21-10-3-4-11-25(21,23)24/h5-9,12H,3-4,10-11H2,1-2H3,(H,19,20,22). The first kappa shape index (κ1) is 17.4. The molecule has 0 bridgehead atoms. The number of benzene rings is 1. The van der Waals surface area contributed by atoms with Gasteiger partial charge in [0.25, 0.3) is 5.91 Å². The number of aryl methyl sites for hydroxylation is 2. The van der Waals surface area contributed by atoms with Crippen LogP contribution in [0.25, 0.3) is 0 Å². The number of nitrogens with zero attached hydrogens (tertiary/aromatic N) is 2. The van der Waals surface area contributed by atoms with E-state index in [0.29, 0.717) is 30.0 Å². The third-order valence-electron chi connectivity index (χ3n) is 4.33. The van der Waals surface area contributed by atoms with Crippen LogP contribution < -0.4 is 9.62 Å². The van der Waals surface area contributed by atoms with E-state index in [1.807, 2.05) is 19.9 Å². The second kappa shape index (κ2) is 6.84. The monoisotopic (exact) mass is 359 g/mol. The van der Waals surface area contributed by atoms with Gasteiger partial charge in [0.05, 0.1) is 11.4 Å². The van der Waals surface area contributed by atoms with Crippen LogP contribution in [0.15, 0.2) is 36.5 Å². The first-order chi connectivity index (χ1) is 11.9. The molecule has 2 aromatic rings. The first-order valence-corrected chi connectivity index (χ1v) is 9.83. The fourth-order valence-corrected chi connectivity index (χ4v) is 4.57. The first-order valence-electron chi connectivity index (χ1n) is 8.22. The van der Waals surface area contributed by atoms with Gasteiger partial charge in [-0.25, -0.2) is 13.4 Å². The van der Waals surface area contributed by atoms with Gasteiger partial charge in [0.15, 0.2) is 0 Å². The van der Waals surface area contributed by atoms with Gasteiger partial charge >= 0.3 is 0 Å². The van der Waals surface area contributed by atoms with Gasteiger partial charge in [-0.05, 0) is 56.0 Å². The van der Waals surface area contributed by atoms with Crippen molar-refractivity contribution in [2.75, 3.05) is 21.9 Å². The molecule has 1 aliphatic rings. The molecular formula is C18H21N3O3S. The number of carbonyl (C=O) groups excluding carboxylic acids is 1. The molecule has 1 N–H and O–H groups in total. The Morgan fingerprint density at radius 1 is 1.16 bits per heavy atom. The molecule has 1 amide bonds. The fraction of sp³-hybridized carbons (Fsp3) is 0.333. The van der Waals surface area contributed by atoms with Crippen molar-refractivity contribution >= 4 is 27.4 Å². The summed E-state index contributed by atoms with van der Waals surface area (Å²) in [6.45, 7) is 4.17. The minimum absolute atomic E-state index is 0.149. The SMILES string of the molecule is Cc1ccc(C(=O)Nc2ncccc2C)cc1N1CCCCS1(=O)=O. The van der Waals surface area contributed by atoms with Crippen LogP contribution >= 0.6 is 0 Å². The number of aromatic nitrogens is 1. The molecule has 6 nitrogen and oxygen atoms in total. The minimum atomic E-state index is -3.32. The van der Waals surface area contributed by atoms with Gasteiger partial charge < -0.3 is 5.32 Å². The van der Waals surface area contributed by atoms with E-state index < -0.39 is 10.0 Å². The van der Waals surface area contributed by atoms with Gasteiger partial charge in [-0.2, -0.15) is 0 Å². The molecule has 3 rings (SSSR count). The number of amides is 1. The molecule has 0 radical (unpaired) electrons. The summed E-state index contributed by atoms with van der Waals surface area (Å²) in [5.74, 6) is 0.341. The van der Waals surface area contributed by atoms with Crippen LogP contribution in [0, 0.1) is 13.8 Å². The molecular weight excluding hydrogens is 338 g/mol. The lowest BCUT2D eigenvalue weighted by molar-refractivity contribution is 0.102. The van der Waals surface area contributed by atoms with Gasteiger partial charge in [0, 0.05) is 18.3 Å². The highest BCUT2D eigenvalue weighted by atomic mass is 32.2. The molecule has 0 unspecified atom stereocenters. The third-order valence-corrected chi connectivity index (χ3v) is 6.19. The van der Waals surface area contributed by atoms with Crippen LogP contribution in [-0.2, 0) is 10.0 Å². The topological polar surface area (TPSA) is 79.4 Å². The normalized spacial score (nSPS) is 16.5. The Kier molecular flexibility index (Phi) is 4.76. The van der Waals surface area contributed by atoms with Crippen LogP contribution in [0.4, 0.5) is 11.5 Å². The number of hydrogen-bond acceptors (Lipinski definition) is 4. The Morgan fingerprint density at radius 2 is 1.96 bits per heavy atom. The number of pyridine rings is 1. The summed E-state index contributed by atoms with van der Waals surface area (Å²) < 4.78 is 26.2. The number of anilines is 2. The number of nitrogens with one attached hydrogen (secondary N) is 1. The van der Waals surface area contributed by atoms with E-state index in [4.69, 9.17) is 0 Å². The summed E-state index contributed by atoms with van der Waals surface area (Å²) in [6.07, 6.45) is 3.11. The van der Waals surface area contributed by atoms with Crippen molar-refractivity contribution in [2.24, 2.45) is 0 Å². The summed E-state index contributed by atoms with van der Waals surface area (Å²) in [5, 5.41) is 2.78. The van der Waals surface area contributed by atoms with Crippen LogP contribution in [0.5, 0.6) is 0 Å². The molecule has 2 heterocycles. The van der Waals surface area contributed by atoms with E-state index in [1.54, 1.807) is 30.5 Å². The van der Waals surface area contributed by atoms with Crippen LogP contribution in [0.3, 0.4) is 0 Å². The Labute approximate surface area is 147 Å². The Morgan fingerprint density at radius 3 is 2.68 bits per heavy atom. The van der Waals surface area contributed by atoms with E-state index in [9.17, 15) is 13.2 Å². The van der Waals surface area contributed by atoms with Gasteiger partial charge in [-0.3, -0.25) is 9.10 Å². The van der Waals surface area contributed by atoms with E-state index >= 15 is 0 Å². The van der Waals surface area contributed by atoms with Crippen molar-refractivity contribution in [3.63, 3.8) is 0 Å². The third kappa shape index (κ3) is 3.66. The van der Waals surface area contributed by atoms with Crippen molar-refractivity contribution in [2.45, 2.75) is 26.7 Å². The largest absolute Gasteiger partial charge is 0.306 e. The molecule has 25 heavy (non-hydrogen) atoms. The number of sulfonamides is 1. The molecule has 1 saturated heterocycles. The zero-order valence-corrected chi connectivity index (χ0v) is 15.1. The molecule has 0 atom stereocenters. The summed E-state index contributed by atoms with van der Waals surface area (Å²) in [5.41, 5.74) is 2.68. The molecule has 0 saturated carbocycles. The highest BCUT2D eigenvalue weighted by Gasteiger charge is 2.27. The predicted octanol–water partition coefficient (Wildman–Crippen LogP) is 2.88. The van der Waals surface area contributed by atoms with E-state index in [-0.39, 0.29) is 11.7 Å². The molecule has 132 valence electrons. The number of hydrogen-bond donors (Lipinski definition) is 1. The summed E-state index contributed by atoms with van der Waals surface area (Å²) >= 11 is 0. The maximum atomic E-state index is 12.6. The van der Waals surface area contributed by atoms with Crippen molar-refractivity contribution in [3.05, 3.63) is 53.2 Å². The Bertz CT molecular complexity index is 910. The lowest BCUT2D eigenvalue weighted by Gasteiger charge is -2.29. The second-order valence-corrected chi connectivity index (χ2v) is 8.23. The van der Waals surface area contributed by atoms with Gasteiger partial charge in [-0.1, -0.05) is 12.1 Å². The quantitative estimate of drug-likeness (QED) is 0.914. The summed E-state index contributed by atoms with van der Waals surface area (Å²) in [4.78, 5) is 16.7. The van der Waals surface area contributed by atoms with Crippen LogP contribution in [0.1, 0.15) is 34.3 Å². The van der Waals surface area contributed by atoms with E-state index in [2.05, 4.69) is 10.3 Å². The fourth-order valence-electron chi connectivity index (χ4n) is 2.88. The summed E-state index contributed by atoms with van der Waals surface area (Å²) in [6, 6.07) is 8.79. The van der Waals surface area contributed by atoms with Crippen molar-refractivity contribution in [1.29, 1.82) is 0 Å². The highest BCUT2D eigenvalue weighted by molar-refractivity contribution is 7.92. The lowest BCUT2D eigenvalue weighted by atomic mass is 10.1. The zero-order valence-electron chi connectivity index (χ0n) is 14.3. The predicted molar refractivity (Wildman–Crippen MR) is 98.5 cm³/mol. The van der Waals surface area contributed by atoms with Gasteiger partial charge in [0.1, 0.15) is 5.82 Å². The van der Waals surface area contributed by atoms with Crippen LogP contribution in [-0.4, -0.2) is 31.6 Å². The molecule has 1 aliphatic heterocycles. The Balaban J connectivity index is 1.91. The number of carbonyl (C=O) groups is 1. The average Bonchev–Trinajstić information content (AvgIpc) is 2.57. The molecule has 0 aliphatic carbocycles. The molecule has 7 heteroatoms. The maximum absolute atomic E-state index is 12.6. The highest BCUT2D eigenvalue weighted by Crippen LogP contribution is 2.28.